The van der Waals surface area contributed by atoms with Crippen molar-refractivity contribution in [1.82, 2.24) is 0 Å². The van der Waals surface area contributed by atoms with Crippen LogP contribution in [0, 0.1) is 0 Å². The largest absolute Gasteiger partial charge is 0.456 e. The Labute approximate surface area is 248 Å². The van der Waals surface area contributed by atoms with E-state index in [1.807, 2.05) is 18.2 Å². The summed E-state index contributed by atoms with van der Waals surface area (Å²) in [7, 11) is 0. The van der Waals surface area contributed by atoms with Crippen LogP contribution in [-0.2, 0) is 0 Å². The summed E-state index contributed by atoms with van der Waals surface area (Å²) in [5.74, 6) is 1.80. The molecule has 8 aromatic rings. The van der Waals surface area contributed by atoms with Gasteiger partial charge in [0.1, 0.15) is 22.7 Å². The van der Waals surface area contributed by atoms with Gasteiger partial charge >= 0.3 is 0 Å². The third kappa shape index (κ3) is 3.83. The summed E-state index contributed by atoms with van der Waals surface area (Å²) < 4.78 is 12.7. The zero-order chi connectivity index (χ0) is 28.3. The number of benzene rings is 7. The van der Waals surface area contributed by atoms with Gasteiger partial charge in [-0.3, -0.25) is 0 Å². The molecule has 0 saturated carbocycles. The highest BCUT2D eigenvalue weighted by molar-refractivity contribution is 6.06. The predicted octanol–water partition coefficient (Wildman–Crippen LogP) is 11.6. The molecule has 9 rings (SSSR count). The van der Waals surface area contributed by atoms with E-state index < -0.39 is 0 Å². The molecule has 43 heavy (non-hydrogen) atoms. The van der Waals surface area contributed by atoms with E-state index in [1.165, 1.54) is 16.3 Å². The van der Waals surface area contributed by atoms with Crippen LogP contribution in [0.25, 0.3) is 55.0 Å². The zero-order valence-electron chi connectivity index (χ0n) is 23.2. The lowest BCUT2D eigenvalue weighted by atomic mass is 9.93. The van der Waals surface area contributed by atoms with Crippen LogP contribution in [0.3, 0.4) is 0 Å². The lowest BCUT2D eigenvalue weighted by Crippen LogP contribution is -2.09. The Morgan fingerprint density at radius 2 is 1.14 bits per heavy atom. The van der Waals surface area contributed by atoms with Crippen LogP contribution in [-0.4, -0.2) is 0 Å². The van der Waals surface area contributed by atoms with Crippen molar-refractivity contribution in [1.29, 1.82) is 0 Å². The van der Waals surface area contributed by atoms with E-state index in [0.717, 1.165) is 67.2 Å². The predicted molar refractivity (Wildman–Crippen MR) is 177 cm³/mol. The minimum atomic E-state index is 0.877. The molecule has 0 saturated heterocycles. The molecule has 0 N–H and O–H groups in total. The molecule has 1 aliphatic rings. The second kappa shape index (κ2) is 9.37. The number of hydrogen-bond acceptors (Lipinski definition) is 3. The van der Waals surface area contributed by atoms with Gasteiger partial charge in [0.2, 0.25) is 0 Å². The van der Waals surface area contributed by atoms with Crippen molar-refractivity contribution in [2.45, 2.75) is 0 Å². The molecular weight excluding hydrogens is 526 g/mol. The Kier molecular flexibility index (Phi) is 5.20. The fourth-order valence-corrected chi connectivity index (χ4v) is 6.42. The summed E-state index contributed by atoms with van der Waals surface area (Å²) in [4.78, 5) is 2.27. The summed E-state index contributed by atoms with van der Waals surface area (Å²) in [5, 5.41) is 4.63. The molecule has 0 unspecified atom stereocenters. The van der Waals surface area contributed by atoms with Crippen LogP contribution in [0.2, 0.25) is 0 Å². The highest BCUT2D eigenvalue weighted by atomic mass is 16.5. The zero-order valence-corrected chi connectivity index (χ0v) is 23.2. The van der Waals surface area contributed by atoms with E-state index >= 15 is 0 Å². The second-order valence-electron chi connectivity index (χ2n) is 11.0. The first-order valence-electron chi connectivity index (χ1n) is 14.5. The van der Waals surface area contributed by atoms with Crippen LogP contribution >= 0.6 is 0 Å². The maximum absolute atomic E-state index is 6.43. The molecule has 1 aliphatic heterocycles. The maximum Gasteiger partial charge on any atom is 0.137 e. The Hall–Kier alpha value is -5.80. The van der Waals surface area contributed by atoms with Crippen molar-refractivity contribution in [3.63, 3.8) is 0 Å². The molecule has 3 nitrogen and oxygen atoms in total. The Bertz CT molecular complexity index is 2310. The van der Waals surface area contributed by atoms with Gasteiger partial charge in [0.25, 0.3) is 0 Å². The quantitative estimate of drug-likeness (QED) is 0.218. The fourth-order valence-electron chi connectivity index (χ4n) is 6.42. The first kappa shape index (κ1) is 23.9. The average Bonchev–Trinajstić information content (AvgIpc) is 3.44. The number of furan rings is 1. The van der Waals surface area contributed by atoms with Crippen LogP contribution in [0.15, 0.2) is 156 Å². The van der Waals surface area contributed by atoms with Crippen molar-refractivity contribution < 1.29 is 9.15 Å². The van der Waals surface area contributed by atoms with Gasteiger partial charge in [0.15, 0.2) is 0 Å². The Morgan fingerprint density at radius 3 is 2.02 bits per heavy atom. The lowest BCUT2D eigenvalue weighted by molar-refractivity contribution is 0.487. The molecule has 202 valence electrons. The summed E-state index contributed by atoms with van der Waals surface area (Å²) in [5.41, 5.74) is 9.57. The standard InChI is InChI=1S/C40H25NO2/c1-2-10-29(11-3-1)41(31-21-23-33-32-12-4-5-14-36(32)42-39(33)25-31)30-19-16-26(17-20-30)28-18-22-34-35-13-6-8-27-9-7-15-37(40(27)35)43-38(34)24-28/h1-25H. The monoisotopic (exact) mass is 551 g/mol. The first-order valence-corrected chi connectivity index (χ1v) is 14.5. The smallest absolute Gasteiger partial charge is 0.137 e. The number of hydrogen-bond donors (Lipinski definition) is 0. The Morgan fingerprint density at radius 1 is 0.419 bits per heavy atom. The van der Waals surface area contributed by atoms with Crippen molar-refractivity contribution in [3.8, 4) is 33.8 Å². The average molecular weight is 552 g/mol. The van der Waals surface area contributed by atoms with Gasteiger partial charge in [-0.25, -0.2) is 0 Å². The van der Waals surface area contributed by atoms with E-state index in [0.29, 0.717) is 0 Å². The van der Waals surface area contributed by atoms with Crippen LogP contribution in [0.4, 0.5) is 17.1 Å². The highest BCUT2D eigenvalue weighted by Crippen LogP contribution is 2.47. The number of rotatable bonds is 4. The fraction of sp³-hybridized carbons (Fsp3) is 0. The van der Waals surface area contributed by atoms with Gasteiger partial charge in [0.05, 0.1) is 0 Å². The van der Waals surface area contributed by atoms with Gasteiger partial charge in [0, 0.05) is 44.9 Å². The van der Waals surface area contributed by atoms with E-state index in [4.69, 9.17) is 9.15 Å². The molecule has 0 aliphatic carbocycles. The molecule has 0 spiro atoms. The number of nitrogens with zero attached hydrogens (tertiary/aromatic N) is 1. The van der Waals surface area contributed by atoms with Gasteiger partial charge < -0.3 is 14.1 Å². The molecule has 0 amide bonds. The molecule has 3 heteroatoms. The summed E-state index contributed by atoms with van der Waals surface area (Å²) >= 11 is 0. The summed E-state index contributed by atoms with van der Waals surface area (Å²) in [6.07, 6.45) is 0. The van der Waals surface area contributed by atoms with E-state index in [-0.39, 0.29) is 0 Å². The molecule has 7 aromatic carbocycles. The van der Waals surface area contributed by atoms with Gasteiger partial charge in [-0.05, 0) is 82.7 Å². The number of anilines is 3. The van der Waals surface area contributed by atoms with Crippen LogP contribution in [0.1, 0.15) is 0 Å². The SMILES string of the molecule is c1ccc(N(c2ccc(-c3ccc4c(c3)Oc3cccc5cccc-4c35)cc2)c2ccc3c(c2)oc2ccccc23)cc1. The lowest BCUT2D eigenvalue weighted by Gasteiger charge is -2.25. The Balaban J connectivity index is 1.11. The van der Waals surface area contributed by atoms with E-state index in [2.05, 4.69) is 138 Å². The van der Waals surface area contributed by atoms with Gasteiger partial charge in [-0.1, -0.05) is 84.9 Å². The number of fused-ring (bicyclic) bond motifs is 5. The van der Waals surface area contributed by atoms with Crippen LogP contribution < -0.4 is 9.64 Å². The second-order valence-corrected chi connectivity index (χ2v) is 11.0. The third-order valence-electron chi connectivity index (χ3n) is 8.45. The summed E-state index contributed by atoms with van der Waals surface area (Å²) in [6, 6.07) is 53.1. The van der Waals surface area contributed by atoms with Crippen molar-refractivity contribution in [2.24, 2.45) is 0 Å². The first-order chi connectivity index (χ1) is 21.3. The molecule has 0 fully saturated rings. The number of para-hydroxylation sites is 2. The van der Waals surface area contributed by atoms with Crippen molar-refractivity contribution in [3.05, 3.63) is 152 Å². The highest BCUT2D eigenvalue weighted by Gasteiger charge is 2.20. The minimum Gasteiger partial charge on any atom is -0.456 e. The molecular formula is C40H25NO2. The molecule has 0 atom stereocenters. The van der Waals surface area contributed by atoms with Crippen molar-refractivity contribution >= 4 is 49.8 Å². The van der Waals surface area contributed by atoms with Crippen molar-refractivity contribution in [2.75, 3.05) is 4.90 Å². The van der Waals surface area contributed by atoms with Gasteiger partial charge in [-0.15, -0.1) is 0 Å². The topological polar surface area (TPSA) is 25.6 Å². The normalized spacial score (nSPS) is 11.9. The third-order valence-corrected chi connectivity index (χ3v) is 8.45. The van der Waals surface area contributed by atoms with Gasteiger partial charge in [-0.2, -0.15) is 0 Å². The number of ether oxygens (including phenoxy) is 1. The molecule has 0 bridgehead atoms. The van der Waals surface area contributed by atoms with E-state index in [9.17, 15) is 0 Å². The summed E-state index contributed by atoms with van der Waals surface area (Å²) in [6.45, 7) is 0. The molecule has 1 aromatic heterocycles. The maximum atomic E-state index is 6.43. The molecule has 0 radical (unpaired) electrons. The minimum absolute atomic E-state index is 0.877. The van der Waals surface area contributed by atoms with E-state index in [1.54, 1.807) is 0 Å². The van der Waals surface area contributed by atoms with Crippen LogP contribution in [0.5, 0.6) is 11.5 Å². The molecule has 2 heterocycles.